The molecule has 9 nitrogen and oxygen atoms in total. The van der Waals surface area contributed by atoms with E-state index in [-0.39, 0.29) is 34.9 Å². The first-order chi connectivity index (χ1) is 15.5. The van der Waals surface area contributed by atoms with Gasteiger partial charge in [-0.1, -0.05) is 24.3 Å². The monoisotopic (exact) mass is 470 g/mol. The Morgan fingerprint density at radius 2 is 1.76 bits per heavy atom. The normalized spacial score (nSPS) is 12.3. The van der Waals surface area contributed by atoms with Crippen LogP contribution in [-0.4, -0.2) is 42.1 Å². The highest BCUT2D eigenvalue weighted by molar-refractivity contribution is 7.92. The lowest BCUT2D eigenvalue weighted by Gasteiger charge is -2.17. The van der Waals surface area contributed by atoms with Crippen LogP contribution < -0.4 is 15.2 Å². The average Bonchev–Trinajstić information content (AvgIpc) is 2.74. The molecule has 10 heteroatoms. The summed E-state index contributed by atoms with van der Waals surface area (Å²) in [5.74, 6) is -1.22. The lowest BCUT2D eigenvalue weighted by atomic mass is 9.97. The first kappa shape index (κ1) is 24.1. The number of benzene rings is 2. The second kappa shape index (κ2) is 9.55. The maximum atomic E-state index is 13.0. The van der Waals surface area contributed by atoms with Gasteiger partial charge in [-0.3, -0.25) is 0 Å². The number of carboxylic acids is 1. The molecule has 3 rings (SSSR count). The van der Waals surface area contributed by atoms with E-state index in [1.165, 1.54) is 18.2 Å². The number of aromatic carboxylic acids is 1. The highest BCUT2D eigenvalue weighted by Gasteiger charge is 2.22. The van der Waals surface area contributed by atoms with Crippen molar-refractivity contribution in [1.82, 2.24) is 9.97 Å². The van der Waals surface area contributed by atoms with E-state index in [0.29, 0.717) is 11.3 Å². The lowest BCUT2D eigenvalue weighted by molar-refractivity contribution is 0.0696. The van der Waals surface area contributed by atoms with Gasteiger partial charge < -0.3 is 15.6 Å². The minimum Gasteiger partial charge on any atom is -0.478 e. The highest BCUT2D eigenvalue weighted by atomic mass is 32.2. The molecule has 1 atom stereocenters. The number of sulfonamides is 1. The number of nitrogens with zero attached hydrogens (tertiary/aromatic N) is 2. The van der Waals surface area contributed by atoms with Crippen molar-refractivity contribution in [3.8, 4) is 17.1 Å². The summed E-state index contributed by atoms with van der Waals surface area (Å²) in [4.78, 5) is 19.8. The molecule has 2 aromatic carbocycles. The minimum absolute atomic E-state index is 0.153. The molecule has 0 saturated carbocycles. The van der Waals surface area contributed by atoms with Crippen LogP contribution in [0.1, 0.15) is 34.0 Å². The van der Waals surface area contributed by atoms with Gasteiger partial charge in [0.25, 0.3) is 10.0 Å². The zero-order valence-electron chi connectivity index (χ0n) is 18.8. The maximum absolute atomic E-state index is 13.0. The Kier molecular flexibility index (Phi) is 6.99. The molecule has 0 aliphatic rings. The number of carboxylic acid groups (broad SMARTS) is 1. The number of hydrogen-bond acceptors (Lipinski definition) is 7. The van der Waals surface area contributed by atoms with Crippen LogP contribution in [0.2, 0.25) is 0 Å². The van der Waals surface area contributed by atoms with Gasteiger partial charge in [-0.2, -0.15) is 4.98 Å². The Balaban J connectivity index is 2.12. The number of rotatable bonds is 8. The molecule has 1 aromatic heterocycles. The first-order valence-electron chi connectivity index (χ1n) is 10.2. The molecule has 0 amide bonds. The van der Waals surface area contributed by atoms with Crippen molar-refractivity contribution in [2.45, 2.75) is 38.6 Å². The molecule has 3 aromatic rings. The largest absolute Gasteiger partial charge is 0.478 e. The van der Waals surface area contributed by atoms with E-state index < -0.39 is 16.0 Å². The minimum atomic E-state index is -4.17. The number of carbonyl (C=O) groups is 1. The first-order valence-corrected chi connectivity index (χ1v) is 11.7. The molecule has 1 heterocycles. The summed E-state index contributed by atoms with van der Waals surface area (Å²) < 4.78 is 34.1. The molecule has 0 aliphatic heterocycles. The molecule has 0 saturated heterocycles. The number of anilines is 1. The van der Waals surface area contributed by atoms with Gasteiger partial charge in [-0.05, 0) is 57.0 Å². The number of nitrogens with two attached hydrogens (primary N) is 1. The summed E-state index contributed by atoms with van der Waals surface area (Å²) in [5, 5.41) is 9.18. The summed E-state index contributed by atoms with van der Waals surface area (Å²) in [7, 11) is -4.17. The van der Waals surface area contributed by atoms with Crippen molar-refractivity contribution < 1.29 is 23.1 Å². The van der Waals surface area contributed by atoms with Gasteiger partial charge in [-0.25, -0.2) is 22.9 Å². The van der Waals surface area contributed by atoms with Crippen molar-refractivity contribution in [2.75, 3.05) is 11.3 Å². The van der Waals surface area contributed by atoms with E-state index in [9.17, 15) is 18.3 Å². The number of hydrogen-bond donors (Lipinski definition) is 3. The summed E-state index contributed by atoms with van der Waals surface area (Å²) in [5.41, 5.74) is 9.59. The lowest BCUT2D eigenvalue weighted by Crippen LogP contribution is -2.24. The van der Waals surface area contributed by atoms with Crippen molar-refractivity contribution in [2.24, 2.45) is 5.73 Å². The van der Waals surface area contributed by atoms with Gasteiger partial charge >= 0.3 is 5.97 Å². The summed E-state index contributed by atoms with van der Waals surface area (Å²) in [6, 6.07) is 10.6. The Bertz CT molecular complexity index is 1290. The summed E-state index contributed by atoms with van der Waals surface area (Å²) in [6.07, 6.45) is 0. The second-order valence-electron chi connectivity index (χ2n) is 7.82. The molecule has 4 N–H and O–H groups in total. The van der Waals surface area contributed by atoms with Crippen LogP contribution in [0.4, 0.5) is 5.95 Å². The highest BCUT2D eigenvalue weighted by Crippen LogP contribution is 2.33. The Labute approximate surface area is 192 Å². The predicted octanol–water partition coefficient (Wildman–Crippen LogP) is 3.29. The molecule has 0 radical (unpaired) electrons. The maximum Gasteiger partial charge on any atom is 0.335 e. The van der Waals surface area contributed by atoms with Gasteiger partial charge in [0.1, 0.15) is 6.61 Å². The van der Waals surface area contributed by atoms with Crippen LogP contribution in [0.3, 0.4) is 0 Å². The van der Waals surface area contributed by atoms with E-state index in [4.69, 9.17) is 10.5 Å². The quantitative estimate of drug-likeness (QED) is 0.455. The molecule has 0 spiro atoms. The molecule has 0 unspecified atom stereocenters. The van der Waals surface area contributed by atoms with Crippen molar-refractivity contribution in [3.05, 3.63) is 64.7 Å². The number of aromatic nitrogens is 2. The zero-order chi connectivity index (χ0) is 24.3. The van der Waals surface area contributed by atoms with E-state index in [0.717, 1.165) is 22.8 Å². The van der Waals surface area contributed by atoms with Gasteiger partial charge in [0, 0.05) is 17.2 Å². The van der Waals surface area contributed by atoms with Gasteiger partial charge in [0.05, 0.1) is 16.2 Å². The van der Waals surface area contributed by atoms with E-state index >= 15 is 0 Å². The van der Waals surface area contributed by atoms with E-state index in [1.54, 1.807) is 13.8 Å². The van der Waals surface area contributed by atoms with Gasteiger partial charge in [0.2, 0.25) is 11.8 Å². The fraction of sp³-hybridized carbons (Fsp3) is 0.261. The summed E-state index contributed by atoms with van der Waals surface area (Å²) >= 11 is 0. The number of aryl methyl sites for hydroxylation is 2. The van der Waals surface area contributed by atoms with Crippen molar-refractivity contribution >= 4 is 21.9 Å². The smallest absolute Gasteiger partial charge is 0.335 e. The molecular formula is C23H26N4O5S. The van der Waals surface area contributed by atoms with Gasteiger partial charge in [-0.15, -0.1) is 0 Å². The van der Waals surface area contributed by atoms with Crippen LogP contribution in [-0.2, 0) is 10.0 Å². The fourth-order valence-corrected chi connectivity index (χ4v) is 4.29. The Morgan fingerprint density at radius 3 is 2.36 bits per heavy atom. The molecular weight excluding hydrogens is 444 g/mol. The number of nitrogens with one attached hydrogen (secondary N) is 1. The standard InChI is InChI=1S/C23H26N4O5S/c1-13-7-5-8-14(2)19(13)20-16(4)21(32-12-15(3)24)26-23(25-20)27-33(30,31)18-10-6-9-17(11-18)22(28)29/h5-11,15H,12,24H2,1-4H3,(H,28,29)(H,25,26,27)/t15-/m1/s1. The fourth-order valence-electron chi connectivity index (χ4n) is 3.30. The average molecular weight is 471 g/mol. The topological polar surface area (TPSA) is 144 Å². The Hall–Kier alpha value is -3.50. The second-order valence-corrected chi connectivity index (χ2v) is 9.50. The molecule has 0 aliphatic carbocycles. The third kappa shape index (κ3) is 5.47. The molecule has 0 bridgehead atoms. The van der Waals surface area contributed by atoms with Crippen molar-refractivity contribution in [1.29, 1.82) is 0 Å². The molecule has 33 heavy (non-hydrogen) atoms. The number of ether oxygens (including phenoxy) is 1. The van der Waals surface area contributed by atoms with E-state index in [2.05, 4.69) is 14.7 Å². The zero-order valence-corrected chi connectivity index (χ0v) is 19.6. The third-order valence-electron chi connectivity index (χ3n) is 4.92. The SMILES string of the molecule is Cc1cccc(C)c1-c1nc(NS(=O)(=O)c2cccc(C(=O)O)c2)nc(OC[C@@H](C)N)c1C. The summed E-state index contributed by atoms with van der Waals surface area (Å²) in [6.45, 7) is 7.63. The predicted molar refractivity (Wildman–Crippen MR) is 125 cm³/mol. The van der Waals surface area contributed by atoms with Crippen molar-refractivity contribution in [3.63, 3.8) is 0 Å². The van der Waals surface area contributed by atoms with Gasteiger partial charge in [0.15, 0.2) is 0 Å². The Morgan fingerprint density at radius 1 is 1.12 bits per heavy atom. The van der Waals surface area contributed by atoms with Crippen LogP contribution in [0.5, 0.6) is 5.88 Å². The third-order valence-corrected chi connectivity index (χ3v) is 6.24. The molecule has 174 valence electrons. The van der Waals surface area contributed by atoms with Crippen LogP contribution in [0, 0.1) is 20.8 Å². The molecule has 0 fully saturated rings. The van der Waals surface area contributed by atoms with Crippen LogP contribution in [0.15, 0.2) is 47.4 Å². The van der Waals surface area contributed by atoms with Crippen LogP contribution in [0.25, 0.3) is 11.3 Å². The van der Waals surface area contributed by atoms with E-state index in [1.807, 2.05) is 32.0 Å². The van der Waals surface area contributed by atoms with Crippen LogP contribution >= 0.6 is 0 Å².